The van der Waals surface area contributed by atoms with Gasteiger partial charge in [-0.25, -0.2) is 4.79 Å². The fourth-order valence-corrected chi connectivity index (χ4v) is 5.06. The Hall–Kier alpha value is -2.19. The lowest BCUT2D eigenvalue weighted by molar-refractivity contribution is -0.139. The predicted octanol–water partition coefficient (Wildman–Crippen LogP) is 4.28. The molecule has 3 rings (SSSR count). The summed E-state index contributed by atoms with van der Waals surface area (Å²) in [6.07, 6.45) is 2.00. The molecule has 1 aliphatic rings. The fraction of sp³-hybridized carbons (Fsp3) is 0.409. The molecule has 8 heteroatoms. The number of amides is 4. The van der Waals surface area contributed by atoms with Gasteiger partial charge in [-0.1, -0.05) is 37.6 Å². The molecule has 6 nitrogen and oxygen atoms in total. The average Bonchev–Trinajstić information content (AvgIpc) is 3.23. The van der Waals surface area contributed by atoms with Gasteiger partial charge in [0.15, 0.2) is 0 Å². The molecule has 1 N–H and O–H groups in total. The van der Waals surface area contributed by atoms with E-state index in [9.17, 15) is 14.4 Å². The SMILES string of the molecule is CCCc1ccc(C2(C)NC(=O)N(CC(=O)N(CC)Cc3ccc(Br)s3)C2=O)cc1. The third-order valence-corrected chi connectivity index (χ3v) is 6.96. The van der Waals surface area contributed by atoms with Crippen molar-refractivity contribution in [2.75, 3.05) is 13.1 Å². The fourth-order valence-electron chi connectivity index (χ4n) is 3.57. The maximum atomic E-state index is 13.1. The van der Waals surface area contributed by atoms with Crippen molar-refractivity contribution >= 4 is 45.1 Å². The van der Waals surface area contributed by atoms with E-state index in [0.717, 1.165) is 26.4 Å². The molecule has 1 fully saturated rings. The number of nitrogens with one attached hydrogen (secondary N) is 1. The monoisotopic (exact) mass is 491 g/mol. The van der Waals surface area contributed by atoms with E-state index in [-0.39, 0.29) is 12.5 Å². The van der Waals surface area contributed by atoms with Crippen LogP contribution in [0.3, 0.4) is 0 Å². The average molecular weight is 492 g/mol. The van der Waals surface area contributed by atoms with E-state index in [1.54, 1.807) is 23.2 Å². The van der Waals surface area contributed by atoms with Gasteiger partial charge in [0.05, 0.1) is 10.3 Å². The zero-order chi connectivity index (χ0) is 21.9. The van der Waals surface area contributed by atoms with Crippen molar-refractivity contribution in [3.05, 3.63) is 56.2 Å². The van der Waals surface area contributed by atoms with Crippen LogP contribution in [-0.2, 0) is 28.1 Å². The molecule has 1 saturated heterocycles. The number of aryl methyl sites for hydroxylation is 1. The molecule has 1 aliphatic heterocycles. The molecule has 1 aromatic heterocycles. The smallest absolute Gasteiger partial charge is 0.325 e. The van der Waals surface area contributed by atoms with Crippen molar-refractivity contribution in [2.45, 2.75) is 45.7 Å². The van der Waals surface area contributed by atoms with Crippen LogP contribution in [0.1, 0.15) is 43.2 Å². The van der Waals surface area contributed by atoms with Crippen molar-refractivity contribution in [2.24, 2.45) is 0 Å². The van der Waals surface area contributed by atoms with Gasteiger partial charge in [0.25, 0.3) is 5.91 Å². The molecular weight excluding hydrogens is 466 g/mol. The summed E-state index contributed by atoms with van der Waals surface area (Å²) in [7, 11) is 0. The summed E-state index contributed by atoms with van der Waals surface area (Å²) in [4.78, 5) is 42.2. The molecule has 1 aromatic carbocycles. The van der Waals surface area contributed by atoms with E-state index >= 15 is 0 Å². The molecule has 30 heavy (non-hydrogen) atoms. The quantitative estimate of drug-likeness (QED) is 0.560. The van der Waals surface area contributed by atoms with Gasteiger partial charge in [0.2, 0.25) is 5.91 Å². The first-order valence-electron chi connectivity index (χ1n) is 10.0. The van der Waals surface area contributed by atoms with Crippen LogP contribution in [-0.4, -0.2) is 40.7 Å². The lowest BCUT2D eigenvalue weighted by atomic mass is 9.91. The van der Waals surface area contributed by atoms with Crippen LogP contribution < -0.4 is 5.32 Å². The summed E-state index contributed by atoms with van der Waals surface area (Å²) in [5, 5.41) is 2.78. The Labute approximate surface area is 189 Å². The molecule has 1 unspecified atom stereocenters. The molecule has 0 aliphatic carbocycles. The number of urea groups is 1. The highest BCUT2D eigenvalue weighted by Crippen LogP contribution is 2.29. The zero-order valence-electron chi connectivity index (χ0n) is 17.4. The predicted molar refractivity (Wildman–Crippen MR) is 121 cm³/mol. The minimum absolute atomic E-state index is 0.256. The highest BCUT2D eigenvalue weighted by molar-refractivity contribution is 9.11. The maximum absolute atomic E-state index is 13.1. The summed E-state index contributed by atoms with van der Waals surface area (Å²) in [6.45, 7) is 6.36. The second-order valence-electron chi connectivity index (χ2n) is 7.51. The van der Waals surface area contributed by atoms with Gasteiger partial charge >= 0.3 is 6.03 Å². The van der Waals surface area contributed by atoms with Crippen LogP contribution in [0.5, 0.6) is 0 Å². The maximum Gasteiger partial charge on any atom is 0.325 e. The number of hydrogen-bond donors (Lipinski definition) is 1. The van der Waals surface area contributed by atoms with E-state index in [1.807, 2.05) is 43.3 Å². The van der Waals surface area contributed by atoms with Crippen LogP contribution in [0, 0.1) is 0 Å². The number of nitrogens with zero attached hydrogens (tertiary/aromatic N) is 2. The molecule has 2 aromatic rings. The zero-order valence-corrected chi connectivity index (χ0v) is 19.8. The molecular formula is C22H26BrN3O3S. The first-order chi connectivity index (χ1) is 14.3. The second-order valence-corrected chi connectivity index (χ2v) is 10.1. The molecule has 0 saturated carbocycles. The molecule has 0 spiro atoms. The Balaban J connectivity index is 1.72. The van der Waals surface area contributed by atoms with Gasteiger partial charge in [0, 0.05) is 11.4 Å². The van der Waals surface area contributed by atoms with Gasteiger partial charge < -0.3 is 10.2 Å². The van der Waals surface area contributed by atoms with E-state index < -0.39 is 17.5 Å². The molecule has 0 bridgehead atoms. The number of carbonyl (C=O) groups excluding carboxylic acids is 3. The van der Waals surface area contributed by atoms with E-state index in [1.165, 1.54) is 5.56 Å². The highest BCUT2D eigenvalue weighted by atomic mass is 79.9. The standard InChI is InChI=1S/C22H26BrN3O3S/c1-4-6-15-7-9-16(10-8-15)22(3)20(28)26(21(29)24-22)14-19(27)25(5-2)13-17-11-12-18(23)30-17/h7-12H,4-6,13-14H2,1-3H3,(H,24,29). The number of carbonyl (C=O) groups is 3. The Bertz CT molecular complexity index is 943. The van der Waals surface area contributed by atoms with Gasteiger partial charge in [0.1, 0.15) is 12.1 Å². The normalized spacial score (nSPS) is 18.6. The first-order valence-corrected chi connectivity index (χ1v) is 11.6. The Morgan fingerprint density at radius 1 is 1.17 bits per heavy atom. The minimum atomic E-state index is -1.17. The van der Waals surface area contributed by atoms with Crippen LogP contribution in [0.25, 0.3) is 0 Å². The van der Waals surface area contributed by atoms with E-state index in [4.69, 9.17) is 0 Å². The number of hydrogen-bond acceptors (Lipinski definition) is 4. The van der Waals surface area contributed by atoms with Crippen LogP contribution in [0.15, 0.2) is 40.2 Å². The third-order valence-electron chi connectivity index (χ3n) is 5.35. The molecule has 0 radical (unpaired) electrons. The van der Waals surface area contributed by atoms with Gasteiger partial charge in [-0.05, 0) is 59.5 Å². The van der Waals surface area contributed by atoms with Crippen molar-refractivity contribution in [3.8, 4) is 0 Å². The Morgan fingerprint density at radius 2 is 1.87 bits per heavy atom. The van der Waals surface area contributed by atoms with Crippen LogP contribution >= 0.6 is 27.3 Å². The Morgan fingerprint density at radius 3 is 2.43 bits per heavy atom. The summed E-state index contributed by atoms with van der Waals surface area (Å²) in [5.74, 6) is -0.660. The number of imide groups is 1. The van der Waals surface area contributed by atoms with E-state index in [2.05, 4.69) is 28.2 Å². The molecule has 160 valence electrons. The number of halogens is 1. The van der Waals surface area contributed by atoms with Gasteiger partial charge in [-0.2, -0.15) is 0 Å². The third kappa shape index (κ3) is 4.59. The van der Waals surface area contributed by atoms with Crippen LogP contribution in [0.2, 0.25) is 0 Å². The lowest BCUT2D eigenvalue weighted by Crippen LogP contribution is -2.44. The number of rotatable bonds is 8. The van der Waals surface area contributed by atoms with Crippen LogP contribution in [0.4, 0.5) is 4.79 Å². The Kier molecular flexibility index (Phi) is 6.98. The molecule has 1 atom stereocenters. The summed E-state index contributed by atoms with van der Waals surface area (Å²) >= 11 is 4.98. The lowest BCUT2D eigenvalue weighted by Gasteiger charge is -2.24. The summed E-state index contributed by atoms with van der Waals surface area (Å²) in [6, 6.07) is 11.1. The van der Waals surface area contributed by atoms with E-state index in [0.29, 0.717) is 18.7 Å². The minimum Gasteiger partial charge on any atom is -0.336 e. The largest absolute Gasteiger partial charge is 0.336 e. The summed E-state index contributed by atoms with van der Waals surface area (Å²) in [5.41, 5.74) is 0.733. The van der Waals surface area contributed by atoms with Crippen molar-refractivity contribution in [3.63, 3.8) is 0 Å². The summed E-state index contributed by atoms with van der Waals surface area (Å²) < 4.78 is 0.996. The molecule has 2 heterocycles. The van der Waals surface area contributed by atoms with Crippen molar-refractivity contribution in [1.82, 2.24) is 15.1 Å². The van der Waals surface area contributed by atoms with Gasteiger partial charge in [-0.3, -0.25) is 14.5 Å². The first kappa shape index (κ1) is 22.5. The van der Waals surface area contributed by atoms with Gasteiger partial charge in [-0.15, -0.1) is 11.3 Å². The van der Waals surface area contributed by atoms with Crippen molar-refractivity contribution < 1.29 is 14.4 Å². The number of likely N-dealkylation sites (N-methyl/N-ethyl adjacent to an activating group) is 1. The topological polar surface area (TPSA) is 69.7 Å². The number of benzene rings is 1. The van der Waals surface area contributed by atoms with Crippen molar-refractivity contribution in [1.29, 1.82) is 0 Å². The second kappa shape index (κ2) is 9.31. The molecule has 4 amide bonds. The number of thiophene rings is 1. The highest BCUT2D eigenvalue weighted by Gasteiger charge is 2.49.